The number of hydrogen-bond acceptors (Lipinski definition) is 5. The van der Waals surface area contributed by atoms with E-state index in [0.717, 1.165) is 24.3 Å². The number of carbonyl (C=O) groups is 2. The number of ether oxygens (including phenoxy) is 2. The minimum atomic E-state index is -1.09. The molecule has 0 saturated heterocycles. The fraction of sp³-hybridized carbons (Fsp3) is 0.0833. The number of methoxy groups -OCH3 is 2. The molecule has 0 bridgehead atoms. The van der Waals surface area contributed by atoms with Crippen molar-refractivity contribution in [3.8, 4) is 11.5 Å². The van der Waals surface area contributed by atoms with E-state index < -0.39 is 35.0 Å². The van der Waals surface area contributed by atoms with Crippen molar-refractivity contribution in [2.24, 2.45) is 0 Å². The van der Waals surface area contributed by atoms with Gasteiger partial charge in [0.2, 0.25) is 0 Å². The molecule has 0 fully saturated rings. The van der Waals surface area contributed by atoms with Gasteiger partial charge in [-0.15, -0.1) is 0 Å². The van der Waals surface area contributed by atoms with Gasteiger partial charge in [0.15, 0.2) is 0 Å². The summed E-state index contributed by atoms with van der Waals surface area (Å²) in [6.07, 6.45) is 0. The molecule has 9 heteroatoms. The molecule has 0 saturated carbocycles. The normalized spacial score (nSPS) is 13.5. The molecule has 0 atom stereocenters. The van der Waals surface area contributed by atoms with Crippen molar-refractivity contribution in [3.05, 3.63) is 89.4 Å². The number of halogens is 3. The van der Waals surface area contributed by atoms with Crippen LogP contribution in [0.5, 0.6) is 11.5 Å². The molecule has 0 radical (unpaired) electrons. The third-order valence-electron chi connectivity index (χ3n) is 5.03. The van der Waals surface area contributed by atoms with Gasteiger partial charge >= 0.3 is 0 Å². The number of amides is 2. The number of nitrogens with one attached hydrogen (secondary N) is 1. The van der Waals surface area contributed by atoms with Crippen molar-refractivity contribution < 1.29 is 32.2 Å². The lowest BCUT2D eigenvalue weighted by molar-refractivity contribution is -0.120. The molecule has 0 aliphatic carbocycles. The van der Waals surface area contributed by atoms with Crippen LogP contribution in [0.4, 0.5) is 24.5 Å². The largest absolute Gasteiger partial charge is 0.497 e. The van der Waals surface area contributed by atoms with E-state index in [4.69, 9.17) is 9.47 Å². The van der Waals surface area contributed by atoms with Crippen LogP contribution in [-0.2, 0) is 9.59 Å². The Balaban J connectivity index is 1.87. The Morgan fingerprint density at radius 2 is 1.48 bits per heavy atom. The van der Waals surface area contributed by atoms with E-state index in [1.54, 1.807) is 18.2 Å². The van der Waals surface area contributed by atoms with Gasteiger partial charge in [0.05, 0.1) is 31.2 Å². The van der Waals surface area contributed by atoms with Crippen LogP contribution in [0.2, 0.25) is 0 Å². The maximum atomic E-state index is 14.5. The van der Waals surface area contributed by atoms with Crippen LogP contribution >= 0.6 is 0 Å². The zero-order valence-electron chi connectivity index (χ0n) is 17.5. The highest BCUT2D eigenvalue weighted by Gasteiger charge is 2.41. The van der Waals surface area contributed by atoms with Crippen LogP contribution in [0.15, 0.2) is 66.4 Å². The predicted octanol–water partition coefficient (Wildman–Crippen LogP) is 4.52. The Morgan fingerprint density at radius 1 is 0.788 bits per heavy atom. The van der Waals surface area contributed by atoms with Gasteiger partial charge in [0, 0.05) is 12.1 Å². The average molecular weight is 454 g/mol. The van der Waals surface area contributed by atoms with Crippen LogP contribution < -0.4 is 19.7 Å². The first-order valence-corrected chi connectivity index (χ1v) is 9.67. The van der Waals surface area contributed by atoms with Crippen molar-refractivity contribution in [2.75, 3.05) is 24.4 Å². The summed E-state index contributed by atoms with van der Waals surface area (Å²) in [6, 6.07) is 12.2. The second-order valence-electron chi connectivity index (χ2n) is 6.99. The van der Waals surface area contributed by atoms with Gasteiger partial charge in [0.25, 0.3) is 11.8 Å². The molecule has 1 N–H and O–H groups in total. The van der Waals surface area contributed by atoms with Gasteiger partial charge < -0.3 is 14.8 Å². The van der Waals surface area contributed by atoms with E-state index in [1.165, 1.54) is 26.4 Å². The smallest absolute Gasteiger partial charge is 0.282 e. The minimum absolute atomic E-state index is 0.117. The highest BCUT2D eigenvalue weighted by molar-refractivity contribution is 6.46. The van der Waals surface area contributed by atoms with Crippen LogP contribution in [0, 0.1) is 17.5 Å². The predicted molar refractivity (Wildman–Crippen MR) is 115 cm³/mol. The quantitative estimate of drug-likeness (QED) is 0.555. The first-order chi connectivity index (χ1) is 15.8. The SMILES string of the molecule is COc1ccc(OC)c(NC2=C(c3ccc(F)cc3)C(=O)N(c3ccc(F)cc3F)C2=O)c1. The summed E-state index contributed by atoms with van der Waals surface area (Å²) < 4.78 is 51.9. The molecule has 33 heavy (non-hydrogen) atoms. The maximum absolute atomic E-state index is 14.5. The Kier molecular flexibility index (Phi) is 5.78. The van der Waals surface area contributed by atoms with Gasteiger partial charge in [-0.2, -0.15) is 0 Å². The summed E-state index contributed by atoms with van der Waals surface area (Å²) in [5, 5.41) is 2.88. The number of nitrogens with zero attached hydrogens (tertiary/aromatic N) is 1. The first-order valence-electron chi connectivity index (χ1n) is 9.67. The molecule has 0 aromatic heterocycles. The van der Waals surface area contributed by atoms with Crippen LogP contribution in [0.25, 0.3) is 5.57 Å². The molecule has 1 heterocycles. The molecule has 3 aromatic rings. The highest BCUT2D eigenvalue weighted by Crippen LogP contribution is 2.37. The standard InChI is InChI=1S/C24H17F3N2O4/c1-32-16-8-10-20(33-2)18(12-16)28-22-21(13-3-5-14(25)6-4-13)23(30)29(24(22)31)19-9-7-15(26)11-17(19)27/h3-12,28H,1-2H3. The third kappa shape index (κ3) is 4.00. The Labute approximate surface area is 186 Å². The Hall–Kier alpha value is -4.27. The molecular weight excluding hydrogens is 437 g/mol. The third-order valence-corrected chi connectivity index (χ3v) is 5.03. The first kappa shape index (κ1) is 21.9. The zero-order chi connectivity index (χ0) is 23.7. The Morgan fingerprint density at radius 3 is 2.12 bits per heavy atom. The molecule has 4 rings (SSSR count). The van der Waals surface area contributed by atoms with Gasteiger partial charge in [-0.05, 0) is 42.0 Å². The topological polar surface area (TPSA) is 67.9 Å². The monoisotopic (exact) mass is 454 g/mol. The van der Waals surface area contributed by atoms with Gasteiger partial charge in [-0.1, -0.05) is 12.1 Å². The minimum Gasteiger partial charge on any atom is -0.497 e. The highest BCUT2D eigenvalue weighted by atomic mass is 19.1. The van der Waals surface area contributed by atoms with Crippen LogP contribution in [0.3, 0.4) is 0 Å². The summed E-state index contributed by atoms with van der Waals surface area (Å²) in [5.74, 6) is -3.44. The molecule has 0 unspecified atom stereocenters. The lowest BCUT2D eigenvalue weighted by Gasteiger charge is -2.17. The fourth-order valence-electron chi connectivity index (χ4n) is 3.46. The lowest BCUT2D eigenvalue weighted by Crippen LogP contribution is -2.33. The maximum Gasteiger partial charge on any atom is 0.282 e. The number of hydrogen-bond donors (Lipinski definition) is 1. The van der Waals surface area contributed by atoms with Crippen molar-refractivity contribution in [1.29, 1.82) is 0 Å². The van der Waals surface area contributed by atoms with Gasteiger partial charge in [0.1, 0.15) is 34.6 Å². The molecule has 6 nitrogen and oxygen atoms in total. The second kappa shape index (κ2) is 8.70. The number of rotatable bonds is 6. The number of anilines is 2. The molecule has 168 valence electrons. The van der Waals surface area contributed by atoms with E-state index in [1.807, 2.05) is 0 Å². The summed E-state index contributed by atoms with van der Waals surface area (Å²) in [6.45, 7) is 0. The molecule has 3 aromatic carbocycles. The number of carbonyl (C=O) groups excluding carboxylic acids is 2. The van der Waals surface area contributed by atoms with Crippen LogP contribution in [0.1, 0.15) is 5.56 Å². The van der Waals surface area contributed by atoms with E-state index in [9.17, 15) is 22.8 Å². The summed E-state index contributed by atoms with van der Waals surface area (Å²) in [4.78, 5) is 27.3. The molecule has 2 amide bonds. The zero-order valence-corrected chi connectivity index (χ0v) is 17.5. The van der Waals surface area contributed by atoms with E-state index >= 15 is 0 Å². The van der Waals surface area contributed by atoms with Gasteiger partial charge in [-0.3, -0.25) is 9.59 Å². The average Bonchev–Trinajstić information content (AvgIpc) is 3.04. The van der Waals surface area contributed by atoms with E-state index in [-0.39, 0.29) is 16.8 Å². The van der Waals surface area contributed by atoms with Crippen LogP contribution in [-0.4, -0.2) is 26.0 Å². The summed E-state index contributed by atoms with van der Waals surface area (Å²) >= 11 is 0. The molecule has 1 aliphatic rings. The van der Waals surface area contributed by atoms with Crippen molar-refractivity contribution in [1.82, 2.24) is 0 Å². The number of benzene rings is 3. The van der Waals surface area contributed by atoms with Crippen molar-refractivity contribution in [3.63, 3.8) is 0 Å². The van der Waals surface area contributed by atoms with Crippen molar-refractivity contribution in [2.45, 2.75) is 0 Å². The molecule has 1 aliphatic heterocycles. The van der Waals surface area contributed by atoms with E-state index in [0.29, 0.717) is 28.2 Å². The summed E-state index contributed by atoms with van der Waals surface area (Å²) in [5.41, 5.74) is -0.200. The second-order valence-corrected chi connectivity index (χ2v) is 6.99. The Bertz CT molecular complexity index is 1290. The van der Waals surface area contributed by atoms with Crippen molar-refractivity contribution >= 4 is 28.8 Å². The van der Waals surface area contributed by atoms with Gasteiger partial charge in [-0.25, -0.2) is 18.1 Å². The molecule has 0 spiro atoms. The number of imide groups is 1. The molecular formula is C24H17F3N2O4. The summed E-state index contributed by atoms with van der Waals surface area (Å²) in [7, 11) is 2.88. The van der Waals surface area contributed by atoms with E-state index in [2.05, 4.69) is 5.32 Å². The fourth-order valence-corrected chi connectivity index (χ4v) is 3.46. The lowest BCUT2D eigenvalue weighted by atomic mass is 10.0.